The van der Waals surface area contributed by atoms with Gasteiger partial charge in [-0.3, -0.25) is 9.59 Å². The van der Waals surface area contributed by atoms with Crippen molar-refractivity contribution in [3.05, 3.63) is 40.9 Å². The summed E-state index contributed by atoms with van der Waals surface area (Å²) in [5.74, 6) is -0.465. The van der Waals surface area contributed by atoms with Gasteiger partial charge >= 0.3 is 5.97 Å². The zero-order chi connectivity index (χ0) is 17.3. The predicted octanol–water partition coefficient (Wildman–Crippen LogP) is 2.39. The second-order valence-corrected chi connectivity index (χ2v) is 6.31. The third-order valence-corrected chi connectivity index (χ3v) is 4.04. The van der Waals surface area contributed by atoms with E-state index < -0.39 is 17.9 Å². The largest absolute Gasteiger partial charge is 0.481 e. The maximum Gasteiger partial charge on any atom is 0.305 e. The Labute approximate surface area is 143 Å². The molecule has 8 heteroatoms. The molecule has 1 aliphatic rings. The third kappa shape index (κ3) is 3.56. The van der Waals surface area contributed by atoms with Gasteiger partial charge in [0.2, 0.25) is 5.82 Å². The van der Waals surface area contributed by atoms with Crippen LogP contribution in [-0.4, -0.2) is 37.8 Å². The molecule has 2 N–H and O–H groups in total. The Balaban J connectivity index is 1.88. The summed E-state index contributed by atoms with van der Waals surface area (Å²) in [6, 6.07) is 6.72. The molecular formula is C16H17ClN4O3. The minimum atomic E-state index is -0.976. The van der Waals surface area contributed by atoms with Crippen molar-refractivity contribution in [2.45, 2.75) is 38.1 Å². The van der Waals surface area contributed by atoms with Crippen molar-refractivity contribution in [2.24, 2.45) is 0 Å². The van der Waals surface area contributed by atoms with E-state index in [0.29, 0.717) is 16.5 Å². The van der Waals surface area contributed by atoms with E-state index in [2.05, 4.69) is 15.4 Å². The zero-order valence-electron chi connectivity index (χ0n) is 13.1. The van der Waals surface area contributed by atoms with Crippen LogP contribution in [-0.2, 0) is 4.79 Å². The van der Waals surface area contributed by atoms with Crippen LogP contribution in [0.3, 0.4) is 0 Å². The number of rotatable bonds is 6. The average Bonchev–Trinajstić information content (AvgIpc) is 3.26. The topological polar surface area (TPSA) is 97.1 Å². The lowest BCUT2D eigenvalue weighted by Gasteiger charge is -2.09. The van der Waals surface area contributed by atoms with Crippen LogP contribution < -0.4 is 5.32 Å². The number of amides is 1. The minimum absolute atomic E-state index is 0.0223. The lowest BCUT2D eigenvalue weighted by atomic mass is 10.2. The lowest BCUT2D eigenvalue weighted by molar-refractivity contribution is -0.137. The van der Waals surface area contributed by atoms with E-state index in [1.165, 1.54) is 0 Å². The fraction of sp³-hybridized carbons (Fsp3) is 0.375. The van der Waals surface area contributed by atoms with Gasteiger partial charge in [-0.15, -0.1) is 5.10 Å². The number of nitrogens with one attached hydrogen (secondary N) is 1. The number of nitrogens with zero attached hydrogens (tertiary/aromatic N) is 3. The first-order chi connectivity index (χ1) is 11.5. The van der Waals surface area contributed by atoms with Gasteiger partial charge < -0.3 is 10.4 Å². The van der Waals surface area contributed by atoms with Crippen LogP contribution in [0.5, 0.6) is 0 Å². The quantitative estimate of drug-likeness (QED) is 0.835. The maximum atomic E-state index is 12.3. The molecule has 0 bridgehead atoms. The van der Waals surface area contributed by atoms with E-state index >= 15 is 0 Å². The number of carboxylic acids is 1. The van der Waals surface area contributed by atoms with Crippen LogP contribution in [0, 0.1) is 0 Å². The Morgan fingerprint density at radius 3 is 2.75 bits per heavy atom. The molecule has 1 aromatic carbocycles. The monoisotopic (exact) mass is 348 g/mol. The van der Waals surface area contributed by atoms with E-state index in [1.807, 2.05) is 18.2 Å². The highest BCUT2D eigenvalue weighted by Gasteiger charge is 2.32. The van der Waals surface area contributed by atoms with Crippen molar-refractivity contribution >= 4 is 23.5 Å². The summed E-state index contributed by atoms with van der Waals surface area (Å²) >= 11 is 6.23. The second kappa shape index (κ2) is 6.60. The van der Waals surface area contributed by atoms with Crippen molar-refractivity contribution in [3.8, 4) is 5.69 Å². The van der Waals surface area contributed by atoms with Crippen molar-refractivity contribution in [1.82, 2.24) is 20.1 Å². The van der Waals surface area contributed by atoms with Crippen molar-refractivity contribution in [2.75, 3.05) is 0 Å². The summed E-state index contributed by atoms with van der Waals surface area (Å²) in [7, 11) is 0. The molecule has 1 amide bonds. The number of halogens is 1. The van der Waals surface area contributed by atoms with Gasteiger partial charge in [-0.25, -0.2) is 9.67 Å². The molecular weight excluding hydrogens is 332 g/mol. The fourth-order valence-electron chi connectivity index (χ4n) is 2.43. The van der Waals surface area contributed by atoms with Gasteiger partial charge in [-0.1, -0.05) is 23.7 Å². The molecule has 1 aromatic heterocycles. The number of aliphatic carboxylic acids is 1. The van der Waals surface area contributed by atoms with E-state index in [1.54, 1.807) is 17.7 Å². The standard InChI is InChI=1S/C16H17ClN4O3/c1-9(8-13(22)23)18-16(24)14-19-15(10-6-7-10)21(20-14)12-5-3-2-4-11(12)17/h2-5,9-10H,6-8H2,1H3,(H,18,24)(H,22,23)/t9-/m0/s1. The smallest absolute Gasteiger partial charge is 0.305 e. The molecule has 0 aliphatic heterocycles. The normalized spacial score (nSPS) is 15.1. The van der Waals surface area contributed by atoms with Crippen molar-refractivity contribution in [3.63, 3.8) is 0 Å². The SMILES string of the molecule is C[C@@H](CC(=O)O)NC(=O)c1nc(C2CC2)n(-c2ccccc2Cl)n1. The summed E-state index contributed by atoms with van der Waals surface area (Å²) in [5, 5.41) is 16.2. The minimum Gasteiger partial charge on any atom is -0.481 e. The van der Waals surface area contributed by atoms with Gasteiger partial charge in [0.25, 0.3) is 5.91 Å². The van der Waals surface area contributed by atoms with Gasteiger partial charge in [0, 0.05) is 12.0 Å². The number of para-hydroxylation sites is 1. The molecule has 24 heavy (non-hydrogen) atoms. The highest BCUT2D eigenvalue weighted by molar-refractivity contribution is 6.32. The number of carbonyl (C=O) groups excluding carboxylic acids is 1. The molecule has 0 unspecified atom stereocenters. The highest BCUT2D eigenvalue weighted by atomic mass is 35.5. The van der Waals surface area contributed by atoms with Crippen molar-refractivity contribution in [1.29, 1.82) is 0 Å². The molecule has 1 saturated carbocycles. The van der Waals surface area contributed by atoms with E-state index in [-0.39, 0.29) is 18.2 Å². The maximum absolute atomic E-state index is 12.3. The Bertz CT molecular complexity index is 785. The van der Waals surface area contributed by atoms with Gasteiger partial charge in [-0.05, 0) is 31.9 Å². The summed E-state index contributed by atoms with van der Waals surface area (Å²) in [5.41, 5.74) is 0.672. The Kier molecular flexibility index (Phi) is 4.53. The summed E-state index contributed by atoms with van der Waals surface area (Å²) in [6.45, 7) is 1.62. The van der Waals surface area contributed by atoms with E-state index in [0.717, 1.165) is 12.8 Å². The first-order valence-electron chi connectivity index (χ1n) is 7.70. The first kappa shape index (κ1) is 16.4. The molecule has 3 rings (SSSR count). The summed E-state index contributed by atoms with van der Waals surface area (Å²) < 4.78 is 1.61. The van der Waals surface area contributed by atoms with Crippen LogP contribution in [0.25, 0.3) is 5.69 Å². The van der Waals surface area contributed by atoms with E-state index in [4.69, 9.17) is 16.7 Å². The summed E-state index contributed by atoms with van der Waals surface area (Å²) in [6.07, 6.45) is 1.84. The molecule has 126 valence electrons. The van der Waals surface area contributed by atoms with Gasteiger partial charge in [-0.2, -0.15) is 0 Å². The molecule has 7 nitrogen and oxygen atoms in total. The Morgan fingerprint density at radius 2 is 2.12 bits per heavy atom. The van der Waals surface area contributed by atoms with Crippen LogP contribution in [0.15, 0.2) is 24.3 Å². The average molecular weight is 349 g/mol. The fourth-order valence-corrected chi connectivity index (χ4v) is 2.64. The van der Waals surface area contributed by atoms with Crippen LogP contribution in [0.1, 0.15) is 48.5 Å². The van der Waals surface area contributed by atoms with Crippen LogP contribution in [0.2, 0.25) is 5.02 Å². The van der Waals surface area contributed by atoms with Crippen LogP contribution >= 0.6 is 11.6 Å². The molecule has 1 fully saturated rings. The molecule has 1 aliphatic carbocycles. The molecule has 0 saturated heterocycles. The Hall–Kier alpha value is -2.41. The number of hydrogen-bond acceptors (Lipinski definition) is 4. The molecule has 0 spiro atoms. The van der Waals surface area contributed by atoms with E-state index in [9.17, 15) is 9.59 Å². The first-order valence-corrected chi connectivity index (χ1v) is 8.08. The van der Waals surface area contributed by atoms with Gasteiger partial charge in [0.1, 0.15) is 5.82 Å². The number of carbonyl (C=O) groups is 2. The summed E-state index contributed by atoms with van der Waals surface area (Å²) in [4.78, 5) is 27.3. The number of aromatic nitrogens is 3. The molecule has 1 heterocycles. The zero-order valence-corrected chi connectivity index (χ0v) is 13.8. The molecule has 0 radical (unpaired) electrons. The Morgan fingerprint density at radius 1 is 1.42 bits per heavy atom. The van der Waals surface area contributed by atoms with Crippen LogP contribution in [0.4, 0.5) is 0 Å². The lowest BCUT2D eigenvalue weighted by Crippen LogP contribution is -2.34. The molecule has 2 aromatic rings. The third-order valence-electron chi connectivity index (χ3n) is 3.72. The second-order valence-electron chi connectivity index (χ2n) is 5.90. The predicted molar refractivity (Wildman–Crippen MR) is 87.5 cm³/mol. The number of benzene rings is 1. The molecule has 1 atom stereocenters. The van der Waals surface area contributed by atoms with Gasteiger partial charge in [0.15, 0.2) is 0 Å². The number of hydrogen-bond donors (Lipinski definition) is 2. The van der Waals surface area contributed by atoms with Gasteiger partial charge in [0.05, 0.1) is 17.1 Å². The van der Waals surface area contributed by atoms with Crippen molar-refractivity contribution < 1.29 is 14.7 Å². The highest BCUT2D eigenvalue weighted by Crippen LogP contribution is 2.40. The number of carboxylic acid groups (broad SMARTS) is 1.